The Balaban J connectivity index is 2.55. The van der Waals surface area contributed by atoms with Crippen LogP contribution in [0.15, 0.2) is 36.7 Å². The number of benzene rings is 1. The predicted octanol–water partition coefficient (Wildman–Crippen LogP) is 3.03. The predicted molar refractivity (Wildman–Crippen MR) is 60.6 cm³/mol. The summed E-state index contributed by atoms with van der Waals surface area (Å²) >= 11 is 5.91. The average Bonchev–Trinajstić information content (AvgIpc) is 2.30. The van der Waals surface area contributed by atoms with Gasteiger partial charge in [-0.1, -0.05) is 23.7 Å². The number of hydrogen-bond donors (Lipinski definition) is 1. The zero-order valence-corrected chi connectivity index (χ0v) is 9.08. The summed E-state index contributed by atoms with van der Waals surface area (Å²) in [5.41, 5.74) is 2.10. The standard InChI is InChI=1S/C12H9ClFNO/c13-12-6-15-5-10(11(12)7-16)8-1-3-9(14)4-2-8/h1-6,16H,7H2. The van der Waals surface area contributed by atoms with E-state index in [-0.39, 0.29) is 12.4 Å². The van der Waals surface area contributed by atoms with Crippen LogP contribution in [0.1, 0.15) is 5.56 Å². The summed E-state index contributed by atoms with van der Waals surface area (Å²) in [6.45, 7) is -0.173. The first kappa shape index (κ1) is 11.0. The van der Waals surface area contributed by atoms with Crippen molar-refractivity contribution in [2.24, 2.45) is 0 Å². The minimum atomic E-state index is -0.302. The van der Waals surface area contributed by atoms with Gasteiger partial charge in [0, 0.05) is 23.5 Å². The van der Waals surface area contributed by atoms with Gasteiger partial charge in [-0.25, -0.2) is 4.39 Å². The Morgan fingerprint density at radius 1 is 1.19 bits per heavy atom. The molecule has 0 amide bonds. The summed E-state index contributed by atoms with van der Waals surface area (Å²) in [6.07, 6.45) is 3.07. The number of aliphatic hydroxyl groups is 1. The van der Waals surface area contributed by atoms with Crippen molar-refractivity contribution >= 4 is 11.6 Å². The van der Waals surface area contributed by atoms with Crippen molar-refractivity contribution in [1.29, 1.82) is 0 Å². The first-order valence-electron chi connectivity index (χ1n) is 4.71. The van der Waals surface area contributed by atoms with E-state index in [4.69, 9.17) is 11.6 Å². The first-order valence-corrected chi connectivity index (χ1v) is 5.09. The summed E-state index contributed by atoms with van der Waals surface area (Å²) in [5.74, 6) is -0.302. The molecule has 0 atom stereocenters. The molecule has 0 saturated carbocycles. The molecule has 2 aromatic rings. The van der Waals surface area contributed by atoms with Gasteiger partial charge in [0.25, 0.3) is 0 Å². The highest BCUT2D eigenvalue weighted by Gasteiger charge is 2.08. The molecule has 2 nitrogen and oxygen atoms in total. The van der Waals surface area contributed by atoms with Crippen molar-refractivity contribution in [1.82, 2.24) is 4.98 Å². The number of pyridine rings is 1. The molecule has 1 aromatic heterocycles. The van der Waals surface area contributed by atoms with E-state index in [1.54, 1.807) is 18.3 Å². The van der Waals surface area contributed by atoms with E-state index in [1.165, 1.54) is 18.3 Å². The Kier molecular flexibility index (Phi) is 3.17. The van der Waals surface area contributed by atoms with Crippen molar-refractivity contribution in [2.45, 2.75) is 6.61 Å². The normalized spacial score (nSPS) is 10.4. The van der Waals surface area contributed by atoms with E-state index >= 15 is 0 Å². The second-order valence-corrected chi connectivity index (χ2v) is 3.72. The quantitative estimate of drug-likeness (QED) is 0.871. The lowest BCUT2D eigenvalue weighted by molar-refractivity contribution is 0.282. The molecule has 4 heteroatoms. The molecule has 0 aliphatic heterocycles. The zero-order valence-electron chi connectivity index (χ0n) is 8.32. The Morgan fingerprint density at radius 2 is 1.88 bits per heavy atom. The van der Waals surface area contributed by atoms with Crippen molar-refractivity contribution < 1.29 is 9.50 Å². The Bertz CT molecular complexity index is 499. The van der Waals surface area contributed by atoms with Crippen molar-refractivity contribution in [3.8, 4) is 11.1 Å². The van der Waals surface area contributed by atoms with Crippen LogP contribution in [0.4, 0.5) is 4.39 Å². The maximum absolute atomic E-state index is 12.8. The molecule has 2 rings (SSSR count). The third kappa shape index (κ3) is 2.05. The van der Waals surface area contributed by atoms with Gasteiger partial charge in [-0.3, -0.25) is 4.98 Å². The van der Waals surface area contributed by atoms with Crippen LogP contribution in [-0.4, -0.2) is 10.1 Å². The third-order valence-corrected chi connectivity index (χ3v) is 2.64. The molecular weight excluding hydrogens is 229 g/mol. The van der Waals surface area contributed by atoms with Crippen LogP contribution in [0.25, 0.3) is 11.1 Å². The number of nitrogens with zero attached hydrogens (tertiary/aromatic N) is 1. The van der Waals surface area contributed by atoms with Crippen LogP contribution in [0.5, 0.6) is 0 Å². The maximum Gasteiger partial charge on any atom is 0.123 e. The van der Waals surface area contributed by atoms with Crippen molar-refractivity contribution in [3.05, 3.63) is 53.1 Å². The van der Waals surface area contributed by atoms with Crippen LogP contribution < -0.4 is 0 Å². The van der Waals surface area contributed by atoms with Crippen molar-refractivity contribution in [3.63, 3.8) is 0 Å². The van der Waals surface area contributed by atoms with Gasteiger partial charge in [-0.15, -0.1) is 0 Å². The fourth-order valence-corrected chi connectivity index (χ4v) is 1.72. The molecule has 0 fully saturated rings. The highest BCUT2D eigenvalue weighted by Crippen LogP contribution is 2.28. The van der Waals surface area contributed by atoms with Gasteiger partial charge in [0.1, 0.15) is 5.82 Å². The van der Waals surface area contributed by atoms with Gasteiger partial charge in [-0.2, -0.15) is 0 Å². The van der Waals surface area contributed by atoms with Crippen LogP contribution in [0, 0.1) is 5.82 Å². The molecule has 16 heavy (non-hydrogen) atoms. The van der Waals surface area contributed by atoms with Gasteiger partial charge in [0.05, 0.1) is 11.6 Å². The molecule has 0 unspecified atom stereocenters. The van der Waals surface area contributed by atoms with Gasteiger partial charge >= 0.3 is 0 Å². The average molecular weight is 238 g/mol. The largest absolute Gasteiger partial charge is 0.392 e. The molecule has 0 aliphatic rings. The minimum Gasteiger partial charge on any atom is -0.392 e. The summed E-state index contributed by atoms with van der Waals surface area (Å²) in [7, 11) is 0. The number of aliphatic hydroxyl groups excluding tert-OH is 1. The fourth-order valence-electron chi connectivity index (χ4n) is 1.50. The molecule has 0 saturated heterocycles. The second kappa shape index (κ2) is 4.60. The minimum absolute atomic E-state index is 0.173. The number of rotatable bonds is 2. The summed E-state index contributed by atoms with van der Waals surface area (Å²) in [4.78, 5) is 3.95. The number of halogens is 2. The lowest BCUT2D eigenvalue weighted by Gasteiger charge is -2.08. The maximum atomic E-state index is 12.8. The summed E-state index contributed by atoms with van der Waals surface area (Å²) in [5, 5.41) is 9.64. The van der Waals surface area contributed by atoms with Crippen LogP contribution >= 0.6 is 11.6 Å². The Morgan fingerprint density at radius 3 is 2.50 bits per heavy atom. The molecule has 0 spiro atoms. The lowest BCUT2D eigenvalue weighted by Crippen LogP contribution is -1.92. The van der Waals surface area contributed by atoms with Gasteiger partial charge in [-0.05, 0) is 17.7 Å². The lowest BCUT2D eigenvalue weighted by atomic mass is 10.0. The zero-order chi connectivity index (χ0) is 11.5. The molecule has 1 N–H and O–H groups in total. The SMILES string of the molecule is OCc1c(Cl)cncc1-c1ccc(F)cc1. The van der Waals surface area contributed by atoms with E-state index in [1.807, 2.05) is 0 Å². The van der Waals surface area contributed by atoms with E-state index in [9.17, 15) is 9.50 Å². The fraction of sp³-hybridized carbons (Fsp3) is 0.0833. The topological polar surface area (TPSA) is 33.1 Å². The Labute approximate surface area is 97.3 Å². The molecule has 1 heterocycles. The first-order chi connectivity index (χ1) is 7.72. The molecule has 82 valence electrons. The van der Waals surface area contributed by atoms with E-state index in [0.29, 0.717) is 10.6 Å². The van der Waals surface area contributed by atoms with E-state index in [0.717, 1.165) is 11.1 Å². The van der Waals surface area contributed by atoms with Gasteiger partial charge in [0.2, 0.25) is 0 Å². The molecule has 0 aliphatic carbocycles. The van der Waals surface area contributed by atoms with Gasteiger partial charge < -0.3 is 5.11 Å². The van der Waals surface area contributed by atoms with Gasteiger partial charge in [0.15, 0.2) is 0 Å². The van der Waals surface area contributed by atoms with Crippen LogP contribution in [0.2, 0.25) is 5.02 Å². The number of hydrogen-bond acceptors (Lipinski definition) is 2. The molecule has 0 bridgehead atoms. The summed E-state index contributed by atoms with van der Waals surface area (Å²) < 4.78 is 12.8. The highest BCUT2D eigenvalue weighted by atomic mass is 35.5. The molecule has 1 aromatic carbocycles. The van der Waals surface area contributed by atoms with Crippen molar-refractivity contribution in [2.75, 3.05) is 0 Å². The molecule has 0 radical (unpaired) electrons. The van der Waals surface area contributed by atoms with Crippen LogP contribution in [0.3, 0.4) is 0 Å². The highest BCUT2D eigenvalue weighted by molar-refractivity contribution is 6.31. The summed E-state index contributed by atoms with van der Waals surface area (Å²) in [6, 6.07) is 5.97. The smallest absolute Gasteiger partial charge is 0.123 e. The molecular formula is C12H9ClFNO. The monoisotopic (exact) mass is 237 g/mol. The van der Waals surface area contributed by atoms with Crippen LogP contribution in [-0.2, 0) is 6.61 Å². The van der Waals surface area contributed by atoms with E-state index in [2.05, 4.69) is 4.98 Å². The number of aromatic nitrogens is 1. The second-order valence-electron chi connectivity index (χ2n) is 3.31. The Hall–Kier alpha value is -1.45. The van der Waals surface area contributed by atoms with E-state index < -0.39 is 0 Å². The third-order valence-electron chi connectivity index (χ3n) is 2.32.